The Balaban J connectivity index is 2.03. The molecule has 0 N–H and O–H groups in total. The topological polar surface area (TPSA) is 51.1 Å². The molecule has 0 amide bonds. The molecule has 0 aromatic carbocycles. The van der Waals surface area contributed by atoms with E-state index in [1.54, 1.807) is 36.9 Å². The number of ether oxygens (including phenoxy) is 1. The maximum atomic E-state index is 5.25. The van der Waals surface area contributed by atoms with Gasteiger partial charge in [-0.3, -0.25) is 0 Å². The third-order valence-electron chi connectivity index (χ3n) is 2.56. The fraction of sp³-hybridized carbons (Fsp3) is 0.417. The molecule has 0 bridgehead atoms. The summed E-state index contributed by atoms with van der Waals surface area (Å²) in [6, 6.07) is 1.80. The second-order valence-electron chi connectivity index (χ2n) is 3.96. The maximum Gasteiger partial charge on any atom is 0.225 e. The van der Waals surface area contributed by atoms with E-state index in [1.807, 2.05) is 24.3 Å². The molecule has 0 saturated heterocycles. The number of aromatic nitrogens is 3. The zero-order valence-corrected chi connectivity index (χ0v) is 11.5. The fourth-order valence-electron chi connectivity index (χ4n) is 1.48. The SMILES string of the molecule is COC(C)c1nc(CN(C)c2ncccn2)cs1. The maximum absolute atomic E-state index is 5.25. The van der Waals surface area contributed by atoms with Crippen LogP contribution in [0.5, 0.6) is 0 Å². The zero-order chi connectivity index (χ0) is 13.0. The van der Waals surface area contributed by atoms with E-state index in [9.17, 15) is 0 Å². The van der Waals surface area contributed by atoms with Gasteiger partial charge in [0.15, 0.2) is 0 Å². The van der Waals surface area contributed by atoms with E-state index in [0.29, 0.717) is 12.5 Å². The first-order valence-electron chi connectivity index (χ1n) is 5.66. The lowest BCUT2D eigenvalue weighted by atomic mass is 10.4. The summed E-state index contributed by atoms with van der Waals surface area (Å²) in [7, 11) is 3.64. The van der Waals surface area contributed by atoms with Crippen LogP contribution in [0.4, 0.5) is 5.95 Å². The Labute approximate surface area is 110 Å². The first kappa shape index (κ1) is 12.9. The molecule has 18 heavy (non-hydrogen) atoms. The van der Waals surface area contributed by atoms with Gasteiger partial charge in [0, 0.05) is 31.9 Å². The van der Waals surface area contributed by atoms with E-state index < -0.39 is 0 Å². The second-order valence-corrected chi connectivity index (χ2v) is 4.85. The molecule has 2 rings (SSSR count). The van der Waals surface area contributed by atoms with Gasteiger partial charge < -0.3 is 9.64 Å². The summed E-state index contributed by atoms with van der Waals surface area (Å²) in [5, 5.41) is 3.04. The molecule has 0 spiro atoms. The highest BCUT2D eigenvalue weighted by atomic mass is 32.1. The monoisotopic (exact) mass is 264 g/mol. The minimum Gasteiger partial charge on any atom is -0.375 e. The van der Waals surface area contributed by atoms with Crippen molar-refractivity contribution < 1.29 is 4.74 Å². The van der Waals surface area contributed by atoms with E-state index in [-0.39, 0.29) is 6.10 Å². The predicted octanol–water partition coefficient (Wildman–Crippen LogP) is 2.28. The summed E-state index contributed by atoms with van der Waals surface area (Å²) in [5.41, 5.74) is 1.01. The highest BCUT2D eigenvalue weighted by molar-refractivity contribution is 7.09. The van der Waals surface area contributed by atoms with Crippen molar-refractivity contribution in [1.82, 2.24) is 15.0 Å². The number of hydrogen-bond acceptors (Lipinski definition) is 6. The van der Waals surface area contributed by atoms with Gasteiger partial charge in [0.1, 0.15) is 11.1 Å². The van der Waals surface area contributed by atoms with Crippen molar-refractivity contribution in [2.45, 2.75) is 19.6 Å². The van der Waals surface area contributed by atoms with Gasteiger partial charge in [-0.1, -0.05) is 0 Å². The fourth-order valence-corrected chi connectivity index (χ4v) is 2.33. The summed E-state index contributed by atoms with van der Waals surface area (Å²) in [5.74, 6) is 0.701. The first-order chi connectivity index (χ1) is 8.70. The van der Waals surface area contributed by atoms with Crippen LogP contribution < -0.4 is 4.90 Å². The molecule has 0 radical (unpaired) electrons. The minimum atomic E-state index is 0.0435. The van der Waals surface area contributed by atoms with Gasteiger partial charge in [0.05, 0.1) is 12.2 Å². The van der Waals surface area contributed by atoms with Gasteiger partial charge in [0.25, 0.3) is 0 Å². The summed E-state index contributed by atoms with van der Waals surface area (Å²) in [4.78, 5) is 14.9. The Hall–Kier alpha value is -1.53. The lowest BCUT2D eigenvalue weighted by molar-refractivity contribution is 0.119. The third-order valence-corrected chi connectivity index (χ3v) is 3.62. The molecule has 0 aliphatic heterocycles. The highest BCUT2D eigenvalue weighted by Crippen LogP contribution is 2.21. The van der Waals surface area contributed by atoms with Crippen molar-refractivity contribution in [2.75, 3.05) is 19.1 Å². The molecule has 0 aliphatic rings. The van der Waals surface area contributed by atoms with Gasteiger partial charge in [0.2, 0.25) is 5.95 Å². The molecule has 5 nitrogen and oxygen atoms in total. The Morgan fingerprint density at radius 3 is 2.78 bits per heavy atom. The van der Waals surface area contributed by atoms with Crippen LogP contribution in [-0.2, 0) is 11.3 Å². The van der Waals surface area contributed by atoms with Crippen LogP contribution in [0.1, 0.15) is 23.7 Å². The molecule has 96 valence electrons. The molecular formula is C12H16N4OS. The zero-order valence-electron chi connectivity index (χ0n) is 10.7. The number of nitrogens with zero attached hydrogens (tertiary/aromatic N) is 4. The van der Waals surface area contributed by atoms with E-state index in [1.165, 1.54) is 0 Å². The van der Waals surface area contributed by atoms with Crippen molar-refractivity contribution in [3.63, 3.8) is 0 Å². The normalized spacial score (nSPS) is 12.4. The molecular weight excluding hydrogens is 248 g/mol. The molecule has 6 heteroatoms. The van der Waals surface area contributed by atoms with Gasteiger partial charge in [-0.05, 0) is 13.0 Å². The summed E-state index contributed by atoms with van der Waals surface area (Å²) in [6.07, 6.45) is 3.51. The van der Waals surface area contributed by atoms with Gasteiger partial charge in [-0.25, -0.2) is 15.0 Å². The van der Waals surface area contributed by atoms with Crippen LogP contribution >= 0.6 is 11.3 Å². The minimum absolute atomic E-state index is 0.0435. The Bertz CT molecular complexity index is 488. The lowest BCUT2D eigenvalue weighted by Crippen LogP contribution is -2.19. The predicted molar refractivity (Wildman–Crippen MR) is 71.7 cm³/mol. The van der Waals surface area contributed by atoms with Crippen molar-refractivity contribution in [3.8, 4) is 0 Å². The summed E-state index contributed by atoms with van der Waals surface area (Å²) in [6.45, 7) is 2.68. The van der Waals surface area contributed by atoms with Crippen LogP contribution in [0.3, 0.4) is 0 Å². The molecule has 0 aliphatic carbocycles. The van der Waals surface area contributed by atoms with Gasteiger partial charge in [-0.2, -0.15) is 0 Å². The summed E-state index contributed by atoms with van der Waals surface area (Å²) < 4.78 is 5.25. The van der Waals surface area contributed by atoms with Gasteiger partial charge >= 0.3 is 0 Å². The molecule has 2 aromatic rings. The van der Waals surface area contributed by atoms with Crippen LogP contribution in [0.2, 0.25) is 0 Å². The van der Waals surface area contributed by atoms with Crippen LogP contribution in [0.15, 0.2) is 23.8 Å². The molecule has 2 heterocycles. The van der Waals surface area contributed by atoms with Crippen molar-refractivity contribution in [1.29, 1.82) is 0 Å². The van der Waals surface area contributed by atoms with Gasteiger partial charge in [-0.15, -0.1) is 11.3 Å². The molecule has 1 unspecified atom stereocenters. The third kappa shape index (κ3) is 3.02. The Kier molecular flexibility index (Phi) is 4.22. The molecule has 0 saturated carbocycles. The largest absolute Gasteiger partial charge is 0.375 e. The number of rotatable bonds is 5. The van der Waals surface area contributed by atoms with Crippen molar-refractivity contribution >= 4 is 17.3 Å². The Morgan fingerprint density at radius 1 is 1.39 bits per heavy atom. The molecule has 1 atom stereocenters. The standard InChI is InChI=1S/C12H16N4OS/c1-9(17-3)11-15-10(8-18-11)7-16(2)12-13-5-4-6-14-12/h4-6,8-9H,7H2,1-3H3. The molecule has 0 fully saturated rings. The van der Waals surface area contributed by atoms with Crippen molar-refractivity contribution in [3.05, 3.63) is 34.5 Å². The van der Waals surface area contributed by atoms with Crippen molar-refractivity contribution in [2.24, 2.45) is 0 Å². The first-order valence-corrected chi connectivity index (χ1v) is 6.54. The number of anilines is 1. The average molecular weight is 264 g/mol. The average Bonchev–Trinajstić information content (AvgIpc) is 2.87. The number of hydrogen-bond donors (Lipinski definition) is 0. The van der Waals surface area contributed by atoms with E-state index in [4.69, 9.17) is 4.74 Å². The van der Waals surface area contributed by atoms with Crippen LogP contribution in [0, 0.1) is 0 Å². The quantitative estimate of drug-likeness (QED) is 0.829. The number of thiazole rings is 1. The highest BCUT2D eigenvalue weighted by Gasteiger charge is 2.11. The van der Waals surface area contributed by atoms with E-state index in [2.05, 4.69) is 15.0 Å². The number of methoxy groups -OCH3 is 1. The molecule has 2 aromatic heterocycles. The van der Waals surface area contributed by atoms with Crippen LogP contribution in [-0.4, -0.2) is 29.1 Å². The second kappa shape index (κ2) is 5.88. The summed E-state index contributed by atoms with van der Waals surface area (Å²) >= 11 is 1.62. The van der Waals surface area contributed by atoms with E-state index in [0.717, 1.165) is 10.7 Å². The van der Waals surface area contributed by atoms with E-state index >= 15 is 0 Å². The lowest BCUT2D eigenvalue weighted by Gasteiger charge is -2.14. The smallest absolute Gasteiger partial charge is 0.225 e. The Morgan fingerprint density at radius 2 is 2.11 bits per heavy atom. The van der Waals surface area contributed by atoms with Crippen LogP contribution in [0.25, 0.3) is 0 Å².